The highest BCUT2D eigenvalue weighted by molar-refractivity contribution is 7.92. The molecule has 0 aromatic heterocycles. The van der Waals surface area contributed by atoms with Gasteiger partial charge in [-0.1, -0.05) is 60.1 Å². The van der Waals surface area contributed by atoms with Gasteiger partial charge >= 0.3 is 0 Å². The quantitative estimate of drug-likeness (QED) is 0.181. The van der Waals surface area contributed by atoms with Crippen molar-refractivity contribution in [1.82, 2.24) is 10.2 Å². The summed E-state index contributed by atoms with van der Waals surface area (Å²) in [7, 11) is -2.67. The SMILES string of the molecule is COc1cccc(CN(C(=O)CN(c2ccc(C)c(C)c2)S(=O)(=O)c2ccc(Cl)cc2)[C@H](Cc2ccccc2)C(=O)NC(C)C)c1. The molecule has 0 aliphatic heterocycles. The number of hydrogen-bond acceptors (Lipinski definition) is 5. The average molecular weight is 662 g/mol. The van der Waals surface area contributed by atoms with Crippen molar-refractivity contribution in [2.45, 2.75) is 57.6 Å². The van der Waals surface area contributed by atoms with E-state index in [9.17, 15) is 18.0 Å². The number of methoxy groups -OCH3 is 1. The van der Waals surface area contributed by atoms with Crippen LogP contribution in [0.1, 0.15) is 36.1 Å². The smallest absolute Gasteiger partial charge is 0.264 e. The van der Waals surface area contributed by atoms with Crippen molar-refractivity contribution in [2.24, 2.45) is 0 Å². The molecule has 0 fully saturated rings. The number of carbonyl (C=O) groups excluding carboxylic acids is 2. The van der Waals surface area contributed by atoms with E-state index in [0.29, 0.717) is 16.5 Å². The molecule has 4 aromatic rings. The number of nitrogens with zero attached hydrogens (tertiary/aromatic N) is 2. The Bertz CT molecular complexity index is 1760. The zero-order valence-electron chi connectivity index (χ0n) is 26.7. The van der Waals surface area contributed by atoms with Gasteiger partial charge in [0.1, 0.15) is 18.3 Å². The predicted molar refractivity (Wildman–Crippen MR) is 183 cm³/mol. The summed E-state index contributed by atoms with van der Waals surface area (Å²) < 4.78 is 34.9. The number of anilines is 1. The second kappa shape index (κ2) is 15.3. The van der Waals surface area contributed by atoms with Crippen LogP contribution < -0.4 is 14.4 Å². The lowest BCUT2D eigenvalue weighted by Crippen LogP contribution is -2.54. The standard InChI is InChI=1S/C36H40ClN3O5S/c1-25(2)38-36(42)34(22-28-10-7-6-8-11-28)39(23-29-12-9-13-32(21-29)45-5)35(41)24-40(31-17-14-26(3)27(4)20-31)46(43,44)33-18-15-30(37)16-19-33/h6-21,25,34H,22-24H2,1-5H3,(H,38,42)/t34-/m1/s1. The zero-order chi connectivity index (χ0) is 33.4. The molecule has 242 valence electrons. The van der Waals surface area contributed by atoms with Gasteiger partial charge in [-0.2, -0.15) is 0 Å². The normalized spacial score (nSPS) is 12.0. The van der Waals surface area contributed by atoms with Gasteiger partial charge in [0.05, 0.1) is 17.7 Å². The van der Waals surface area contributed by atoms with E-state index in [2.05, 4.69) is 5.32 Å². The van der Waals surface area contributed by atoms with E-state index in [-0.39, 0.29) is 29.8 Å². The van der Waals surface area contributed by atoms with Crippen LogP contribution in [-0.4, -0.2) is 50.9 Å². The van der Waals surface area contributed by atoms with Crippen molar-refractivity contribution in [3.63, 3.8) is 0 Å². The van der Waals surface area contributed by atoms with Crippen molar-refractivity contribution in [3.05, 3.63) is 124 Å². The lowest BCUT2D eigenvalue weighted by molar-refractivity contribution is -0.140. The number of aryl methyl sites for hydroxylation is 2. The van der Waals surface area contributed by atoms with Crippen molar-refractivity contribution in [3.8, 4) is 5.75 Å². The number of amides is 2. The average Bonchev–Trinajstić information content (AvgIpc) is 3.03. The lowest BCUT2D eigenvalue weighted by atomic mass is 10.0. The summed E-state index contributed by atoms with van der Waals surface area (Å²) >= 11 is 6.07. The fourth-order valence-electron chi connectivity index (χ4n) is 5.05. The van der Waals surface area contributed by atoms with E-state index < -0.39 is 28.5 Å². The van der Waals surface area contributed by atoms with Crippen LogP contribution in [0.3, 0.4) is 0 Å². The second-order valence-corrected chi connectivity index (χ2v) is 13.8. The Morgan fingerprint density at radius 2 is 1.52 bits per heavy atom. The molecule has 0 aliphatic rings. The number of benzene rings is 4. The van der Waals surface area contributed by atoms with Gasteiger partial charge in [-0.05, 0) is 98.5 Å². The van der Waals surface area contributed by atoms with Gasteiger partial charge in [0, 0.05) is 24.0 Å². The van der Waals surface area contributed by atoms with Crippen molar-refractivity contribution >= 4 is 39.1 Å². The first-order chi connectivity index (χ1) is 21.9. The van der Waals surface area contributed by atoms with Crippen molar-refractivity contribution in [1.29, 1.82) is 0 Å². The molecule has 0 bridgehead atoms. The van der Waals surface area contributed by atoms with Gasteiger partial charge in [0.15, 0.2) is 0 Å². The summed E-state index contributed by atoms with van der Waals surface area (Å²) in [5.41, 5.74) is 3.76. The molecule has 0 aliphatic carbocycles. The van der Waals surface area contributed by atoms with Crippen molar-refractivity contribution < 1.29 is 22.7 Å². The fourth-order valence-corrected chi connectivity index (χ4v) is 6.58. The lowest BCUT2D eigenvalue weighted by Gasteiger charge is -2.34. The van der Waals surface area contributed by atoms with E-state index in [1.807, 2.05) is 76.2 Å². The fraction of sp³-hybridized carbons (Fsp3) is 0.278. The van der Waals surface area contributed by atoms with Crippen LogP contribution in [0.25, 0.3) is 0 Å². The number of rotatable bonds is 13. The van der Waals surface area contributed by atoms with Gasteiger partial charge in [0.2, 0.25) is 11.8 Å². The Hall–Kier alpha value is -4.34. The molecule has 0 spiro atoms. The first-order valence-corrected chi connectivity index (χ1v) is 16.8. The third kappa shape index (κ3) is 8.68. The number of carbonyl (C=O) groups is 2. The highest BCUT2D eigenvalue weighted by Gasteiger charge is 2.35. The molecule has 0 saturated heterocycles. The Morgan fingerprint density at radius 1 is 0.848 bits per heavy atom. The highest BCUT2D eigenvalue weighted by Crippen LogP contribution is 2.28. The number of sulfonamides is 1. The second-order valence-electron chi connectivity index (χ2n) is 11.5. The summed E-state index contributed by atoms with van der Waals surface area (Å²) in [6.45, 7) is 7.02. The maximum atomic E-state index is 14.6. The van der Waals surface area contributed by atoms with E-state index >= 15 is 0 Å². The maximum Gasteiger partial charge on any atom is 0.264 e. The zero-order valence-corrected chi connectivity index (χ0v) is 28.3. The molecule has 1 atom stereocenters. The van der Waals surface area contributed by atoms with Crippen LogP contribution in [0.5, 0.6) is 5.75 Å². The molecule has 0 saturated carbocycles. The molecule has 4 rings (SSSR count). The molecule has 8 nitrogen and oxygen atoms in total. The highest BCUT2D eigenvalue weighted by atomic mass is 35.5. The number of hydrogen-bond donors (Lipinski definition) is 1. The topological polar surface area (TPSA) is 96.0 Å². The molecule has 1 N–H and O–H groups in total. The van der Waals surface area contributed by atoms with Gasteiger partial charge in [-0.25, -0.2) is 8.42 Å². The minimum Gasteiger partial charge on any atom is -0.497 e. The Balaban J connectivity index is 1.83. The number of halogens is 1. The van der Waals surface area contributed by atoms with Crippen LogP contribution in [0.15, 0.2) is 102 Å². The summed E-state index contributed by atoms with van der Waals surface area (Å²) in [5.74, 6) is -0.287. The molecule has 46 heavy (non-hydrogen) atoms. The van der Waals surface area contributed by atoms with Gasteiger partial charge in [0.25, 0.3) is 10.0 Å². The summed E-state index contributed by atoms with van der Waals surface area (Å²) in [5, 5.41) is 3.35. The molecule has 0 radical (unpaired) electrons. The molecule has 2 amide bonds. The monoisotopic (exact) mass is 661 g/mol. The Morgan fingerprint density at radius 3 is 2.15 bits per heavy atom. The van der Waals surface area contributed by atoms with E-state index in [4.69, 9.17) is 16.3 Å². The van der Waals surface area contributed by atoms with Gasteiger partial charge in [-0.3, -0.25) is 13.9 Å². The summed E-state index contributed by atoms with van der Waals surface area (Å²) in [6, 6.07) is 26.6. The summed E-state index contributed by atoms with van der Waals surface area (Å²) in [4.78, 5) is 29.9. The van der Waals surface area contributed by atoms with Crippen LogP contribution in [0.4, 0.5) is 5.69 Å². The molecular formula is C36H40ClN3O5S. The molecule has 0 unspecified atom stereocenters. The third-order valence-electron chi connectivity index (χ3n) is 7.65. The van der Waals surface area contributed by atoms with E-state index in [1.165, 1.54) is 29.2 Å². The Kier molecular flexibility index (Phi) is 11.5. The van der Waals surface area contributed by atoms with Gasteiger partial charge in [-0.15, -0.1) is 0 Å². The van der Waals surface area contributed by atoms with Crippen LogP contribution >= 0.6 is 11.6 Å². The minimum absolute atomic E-state index is 0.0133. The third-order valence-corrected chi connectivity index (χ3v) is 9.69. The van der Waals surface area contributed by atoms with E-state index in [0.717, 1.165) is 26.6 Å². The van der Waals surface area contributed by atoms with Crippen LogP contribution in [0, 0.1) is 13.8 Å². The number of ether oxygens (including phenoxy) is 1. The molecule has 0 heterocycles. The van der Waals surface area contributed by atoms with E-state index in [1.54, 1.807) is 31.4 Å². The first kappa shape index (κ1) is 34.5. The molecular weight excluding hydrogens is 622 g/mol. The van der Waals surface area contributed by atoms with Crippen molar-refractivity contribution in [2.75, 3.05) is 18.0 Å². The van der Waals surface area contributed by atoms with Crippen LogP contribution in [-0.2, 0) is 32.6 Å². The predicted octanol–water partition coefficient (Wildman–Crippen LogP) is 6.33. The molecule has 10 heteroatoms. The van der Waals surface area contributed by atoms with Crippen LogP contribution in [0.2, 0.25) is 5.02 Å². The summed E-state index contributed by atoms with van der Waals surface area (Å²) in [6.07, 6.45) is 0.225. The Labute approximate surface area is 277 Å². The molecule has 4 aromatic carbocycles. The largest absolute Gasteiger partial charge is 0.497 e. The maximum absolute atomic E-state index is 14.6. The minimum atomic E-state index is -4.23. The van der Waals surface area contributed by atoms with Gasteiger partial charge < -0.3 is 15.0 Å². The first-order valence-electron chi connectivity index (χ1n) is 15.0. The number of nitrogens with one attached hydrogen (secondary N) is 1.